The van der Waals surface area contributed by atoms with Gasteiger partial charge in [-0.25, -0.2) is 0 Å². The summed E-state index contributed by atoms with van der Waals surface area (Å²) in [5.74, 6) is 0.459. The van der Waals surface area contributed by atoms with E-state index < -0.39 is 5.54 Å². The molecule has 0 radical (unpaired) electrons. The van der Waals surface area contributed by atoms with Gasteiger partial charge in [-0.1, -0.05) is 19.3 Å². The van der Waals surface area contributed by atoms with Gasteiger partial charge in [0.25, 0.3) is 0 Å². The molecule has 3 rings (SSSR count). The van der Waals surface area contributed by atoms with E-state index in [0.717, 1.165) is 32.1 Å². The van der Waals surface area contributed by atoms with Crippen LogP contribution in [0, 0.1) is 0 Å². The van der Waals surface area contributed by atoms with Gasteiger partial charge in [0.15, 0.2) is 0 Å². The first-order valence-corrected chi connectivity index (χ1v) is 7.64. The fourth-order valence-corrected chi connectivity index (χ4v) is 2.88. The number of benzene rings is 1. The summed E-state index contributed by atoms with van der Waals surface area (Å²) in [6, 6.07) is 5.30. The van der Waals surface area contributed by atoms with Gasteiger partial charge in [-0.15, -0.1) is 5.10 Å². The molecule has 23 heavy (non-hydrogen) atoms. The molecular formula is C15H20N6O2. The fraction of sp³-hybridized carbons (Fsp3) is 0.467. The number of nitrogens with two attached hydrogens (primary N) is 1. The number of amides is 1. The third-order valence-electron chi connectivity index (χ3n) is 4.23. The van der Waals surface area contributed by atoms with Gasteiger partial charge in [0.2, 0.25) is 5.91 Å². The molecule has 1 aromatic heterocycles. The van der Waals surface area contributed by atoms with Crippen molar-refractivity contribution in [3.05, 3.63) is 24.5 Å². The van der Waals surface area contributed by atoms with Gasteiger partial charge < -0.3 is 15.8 Å². The molecule has 0 saturated heterocycles. The number of carbonyl (C=O) groups excluding carboxylic acids is 1. The number of carbonyl (C=O) groups is 1. The summed E-state index contributed by atoms with van der Waals surface area (Å²) in [5.41, 5.74) is 6.76. The minimum atomic E-state index is -0.785. The molecule has 3 N–H and O–H groups in total. The van der Waals surface area contributed by atoms with Crippen LogP contribution in [-0.2, 0) is 4.79 Å². The number of ether oxygens (including phenoxy) is 1. The van der Waals surface area contributed by atoms with E-state index in [9.17, 15) is 4.79 Å². The highest BCUT2D eigenvalue weighted by Gasteiger charge is 2.35. The standard InChI is InChI=1S/C15H20N6O2/c1-23-13-6-5-11(9-12(13)21-10-17-19-20-21)18-14(22)15(16)7-3-2-4-8-15/h5-6,9-10H,2-4,7-8,16H2,1H3,(H,18,22). The van der Waals surface area contributed by atoms with E-state index in [4.69, 9.17) is 10.5 Å². The van der Waals surface area contributed by atoms with Gasteiger partial charge in [0.1, 0.15) is 17.8 Å². The average Bonchev–Trinajstić information content (AvgIpc) is 3.10. The van der Waals surface area contributed by atoms with E-state index in [1.165, 1.54) is 11.0 Å². The molecule has 1 amide bonds. The Labute approximate surface area is 134 Å². The topological polar surface area (TPSA) is 108 Å². The lowest BCUT2D eigenvalue weighted by Gasteiger charge is -2.31. The number of aromatic nitrogens is 4. The van der Waals surface area contributed by atoms with E-state index in [2.05, 4.69) is 20.8 Å². The Hall–Kier alpha value is -2.48. The first-order chi connectivity index (χ1) is 11.1. The maximum absolute atomic E-state index is 12.5. The van der Waals surface area contributed by atoms with Crippen molar-refractivity contribution in [2.24, 2.45) is 5.73 Å². The maximum Gasteiger partial charge on any atom is 0.244 e. The Morgan fingerprint density at radius 3 is 2.78 bits per heavy atom. The van der Waals surface area contributed by atoms with Gasteiger partial charge >= 0.3 is 0 Å². The predicted molar refractivity (Wildman–Crippen MR) is 84.3 cm³/mol. The van der Waals surface area contributed by atoms with Gasteiger partial charge in [0, 0.05) is 5.69 Å². The Balaban J connectivity index is 1.83. The third-order valence-corrected chi connectivity index (χ3v) is 4.23. The highest BCUT2D eigenvalue weighted by molar-refractivity contribution is 5.98. The van der Waals surface area contributed by atoms with Crippen molar-refractivity contribution in [1.29, 1.82) is 0 Å². The number of nitrogens with zero attached hydrogens (tertiary/aromatic N) is 4. The summed E-state index contributed by atoms with van der Waals surface area (Å²) in [4.78, 5) is 12.5. The van der Waals surface area contributed by atoms with E-state index in [-0.39, 0.29) is 5.91 Å². The van der Waals surface area contributed by atoms with E-state index >= 15 is 0 Å². The van der Waals surface area contributed by atoms with Gasteiger partial charge in [-0.3, -0.25) is 4.79 Å². The molecule has 0 spiro atoms. The molecule has 2 aromatic rings. The highest BCUT2D eigenvalue weighted by Crippen LogP contribution is 2.29. The molecule has 1 aliphatic carbocycles. The van der Waals surface area contributed by atoms with Crippen molar-refractivity contribution in [2.45, 2.75) is 37.6 Å². The zero-order valence-electron chi connectivity index (χ0n) is 13.0. The van der Waals surface area contributed by atoms with Gasteiger partial charge in [-0.2, -0.15) is 4.68 Å². The van der Waals surface area contributed by atoms with Crippen molar-refractivity contribution in [3.63, 3.8) is 0 Å². The van der Waals surface area contributed by atoms with Crippen LogP contribution in [0.1, 0.15) is 32.1 Å². The Bertz CT molecular complexity index is 679. The van der Waals surface area contributed by atoms with Crippen molar-refractivity contribution in [2.75, 3.05) is 12.4 Å². The molecule has 8 nitrogen and oxygen atoms in total. The zero-order valence-corrected chi connectivity index (χ0v) is 13.0. The molecule has 0 atom stereocenters. The molecule has 1 fully saturated rings. The summed E-state index contributed by atoms with van der Waals surface area (Å²) < 4.78 is 6.79. The van der Waals surface area contributed by atoms with E-state index in [0.29, 0.717) is 17.1 Å². The second-order valence-electron chi connectivity index (χ2n) is 5.81. The average molecular weight is 316 g/mol. The second kappa shape index (κ2) is 6.33. The largest absolute Gasteiger partial charge is 0.494 e. The second-order valence-corrected chi connectivity index (χ2v) is 5.81. The lowest BCUT2D eigenvalue weighted by Crippen LogP contribution is -2.52. The lowest BCUT2D eigenvalue weighted by molar-refractivity contribution is -0.122. The monoisotopic (exact) mass is 316 g/mol. The first-order valence-electron chi connectivity index (χ1n) is 7.64. The first kappa shape index (κ1) is 15.4. The van der Waals surface area contributed by atoms with Crippen LogP contribution in [0.3, 0.4) is 0 Å². The lowest BCUT2D eigenvalue weighted by atomic mass is 9.82. The summed E-state index contributed by atoms with van der Waals surface area (Å²) in [6.07, 6.45) is 6.02. The molecule has 1 aliphatic rings. The molecule has 0 unspecified atom stereocenters. The maximum atomic E-state index is 12.5. The van der Waals surface area contributed by atoms with Crippen molar-refractivity contribution >= 4 is 11.6 Å². The minimum absolute atomic E-state index is 0.148. The molecule has 1 saturated carbocycles. The molecule has 122 valence electrons. The Morgan fingerprint density at radius 2 is 2.13 bits per heavy atom. The number of hydrogen-bond donors (Lipinski definition) is 2. The Kier molecular flexibility index (Phi) is 4.24. The van der Waals surface area contributed by atoms with Crippen LogP contribution in [0.5, 0.6) is 5.75 Å². The van der Waals surface area contributed by atoms with Crippen molar-refractivity contribution in [3.8, 4) is 11.4 Å². The van der Waals surface area contributed by atoms with Gasteiger partial charge in [-0.05, 0) is 41.5 Å². The molecule has 0 bridgehead atoms. The van der Waals surface area contributed by atoms with Crippen molar-refractivity contribution in [1.82, 2.24) is 20.2 Å². The number of hydrogen-bond acceptors (Lipinski definition) is 6. The highest BCUT2D eigenvalue weighted by atomic mass is 16.5. The number of methoxy groups -OCH3 is 1. The quantitative estimate of drug-likeness (QED) is 0.879. The van der Waals surface area contributed by atoms with Crippen LogP contribution in [0.15, 0.2) is 24.5 Å². The normalized spacial score (nSPS) is 16.8. The van der Waals surface area contributed by atoms with Crippen LogP contribution in [0.2, 0.25) is 0 Å². The number of rotatable bonds is 4. The summed E-state index contributed by atoms with van der Waals surface area (Å²) in [7, 11) is 1.57. The van der Waals surface area contributed by atoms with Crippen LogP contribution >= 0.6 is 0 Å². The van der Waals surface area contributed by atoms with Crippen LogP contribution in [0.4, 0.5) is 5.69 Å². The zero-order chi connectivity index (χ0) is 16.3. The van der Waals surface area contributed by atoms with E-state index in [1.807, 2.05) is 0 Å². The SMILES string of the molecule is COc1ccc(NC(=O)C2(N)CCCCC2)cc1-n1cnnn1. The predicted octanol–water partition coefficient (Wildman–Crippen LogP) is 1.27. The molecule has 1 aromatic carbocycles. The van der Waals surface area contributed by atoms with Gasteiger partial charge in [0.05, 0.1) is 12.6 Å². The Morgan fingerprint density at radius 1 is 1.35 bits per heavy atom. The summed E-state index contributed by atoms with van der Waals surface area (Å²) in [5, 5.41) is 14.0. The molecular weight excluding hydrogens is 296 g/mol. The summed E-state index contributed by atoms with van der Waals surface area (Å²) in [6.45, 7) is 0. The number of tetrazole rings is 1. The van der Waals surface area contributed by atoms with Crippen molar-refractivity contribution < 1.29 is 9.53 Å². The number of nitrogens with one attached hydrogen (secondary N) is 1. The smallest absolute Gasteiger partial charge is 0.244 e. The fourth-order valence-electron chi connectivity index (χ4n) is 2.88. The minimum Gasteiger partial charge on any atom is -0.494 e. The van der Waals surface area contributed by atoms with Crippen LogP contribution in [0.25, 0.3) is 5.69 Å². The number of anilines is 1. The summed E-state index contributed by atoms with van der Waals surface area (Å²) >= 11 is 0. The molecule has 8 heteroatoms. The van der Waals surface area contributed by atoms with Crippen LogP contribution in [-0.4, -0.2) is 38.8 Å². The molecule has 0 aliphatic heterocycles. The molecule has 1 heterocycles. The third kappa shape index (κ3) is 3.16. The van der Waals surface area contributed by atoms with Crippen LogP contribution < -0.4 is 15.8 Å². The van der Waals surface area contributed by atoms with E-state index in [1.54, 1.807) is 25.3 Å².